The lowest BCUT2D eigenvalue weighted by atomic mass is 9.97. The summed E-state index contributed by atoms with van der Waals surface area (Å²) in [6.07, 6.45) is 6.37. The third kappa shape index (κ3) is 3.05. The number of halogens is 1. The van der Waals surface area contributed by atoms with E-state index in [1.54, 1.807) is 17.7 Å². The van der Waals surface area contributed by atoms with Crippen LogP contribution in [0.2, 0.25) is 0 Å². The predicted molar refractivity (Wildman–Crippen MR) is 96.4 cm³/mol. The van der Waals surface area contributed by atoms with Gasteiger partial charge < -0.3 is 0 Å². The number of hydrogen-bond donors (Lipinski definition) is 0. The van der Waals surface area contributed by atoms with Gasteiger partial charge in [-0.1, -0.05) is 28.1 Å². The van der Waals surface area contributed by atoms with Crippen LogP contribution in [0.15, 0.2) is 45.3 Å². The summed E-state index contributed by atoms with van der Waals surface area (Å²) < 4.78 is 1.07. The molecule has 2 heterocycles. The van der Waals surface area contributed by atoms with Gasteiger partial charge in [0, 0.05) is 9.35 Å². The number of fused-ring (bicyclic) bond motifs is 3. The van der Waals surface area contributed by atoms with Crippen LogP contribution in [0.5, 0.6) is 0 Å². The first kappa shape index (κ1) is 14.9. The average molecular weight is 387 g/mol. The van der Waals surface area contributed by atoms with E-state index in [0.717, 1.165) is 33.1 Å². The molecular weight excluding hydrogens is 372 g/mol. The zero-order chi connectivity index (χ0) is 15.6. The third-order valence-electron chi connectivity index (χ3n) is 4.06. The molecule has 1 aliphatic carbocycles. The second-order valence-corrected chi connectivity index (χ2v) is 7.61. The first-order chi connectivity index (χ1) is 11.3. The van der Waals surface area contributed by atoms with Gasteiger partial charge in [-0.2, -0.15) is 5.11 Å². The number of rotatable bonds is 3. The number of azo groups is 1. The Bertz CT molecular complexity index is 870. The van der Waals surface area contributed by atoms with Gasteiger partial charge in [-0.05, 0) is 48.9 Å². The van der Waals surface area contributed by atoms with Crippen LogP contribution in [0.1, 0.15) is 28.8 Å². The van der Waals surface area contributed by atoms with Crippen molar-refractivity contribution in [3.05, 3.63) is 51.1 Å². The fraction of sp³-hybridized carbons (Fsp3) is 0.294. The Morgan fingerprint density at radius 3 is 2.78 bits per heavy atom. The van der Waals surface area contributed by atoms with Crippen molar-refractivity contribution in [2.45, 2.75) is 32.2 Å². The van der Waals surface area contributed by atoms with Gasteiger partial charge in [0.1, 0.15) is 11.2 Å². The van der Waals surface area contributed by atoms with Crippen LogP contribution in [-0.2, 0) is 19.4 Å². The molecule has 116 valence electrons. The van der Waals surface area contributed by atoms with Crippen molar-refractivity contribution in [3.63, 3.8) is 0 Å². The summed E-state index contributed by atoms with van der Waals surface area (Å²) in [6, 6.07) is 8.13. The summed E-state index contributed by atoms with van der Waals surface area (Å²) in [7, 11) is 0. The van der Waals surface area contributed by atoms with Gasteiger partial charge in [0.2, 0.25) is 0 Å². The predicted octanol–water partition coefficient (Wildman–Crippen LogP) is 5.62. The minimum atomic E-state index is 0.561. The molecule has 3 aromatic rings. The quantitative estimate of drug-likeness (QED) is 0.548. The molecule has 0 unspecified atom stereocenters. The first-order valence-electron chi connectivity index (χ1n) is 7.68. The highest BCUT2D eigenvalue weighted by atomic mass is 79.9. The molecule has 0 radical (unpaired) electrons. The van der Waals surface area contributed by atoms with Crippen molar-refractivity contribution >= 4 is 43.3 Å². The van der Waals surface area contributed by atoms with Crippen molar-refractivity contribution in [1.29, 1.82) is 0 Å². The molecule has 0 bridgehead atoms. The number of thiophene rings is 1. The summed E-state index contributed by atoms with van der Waals surface area (Å²) in [5.74, 6) is 0.714. The third-order valence-corrected chi connectivity index (χ3v) is 5.79. The van der Waals surface area contributed by atoms with E-state index in [4.69, 9.17) is 0 Å². The molecule has 2 aromatic heterocycles. The van der Waals surface area contributed by atoms with Crippen molar-refractivity contribution in [2.24, 2.45) is 10.2 Å². The number of aromatic nitrogens is 2. The maximum absolute atomic E-state index is 4.42. The molecule has 4 nitrogen and oxygen atoms in total. The SMILES string of the molecule is Brc1ccc(CN=Nc2ncnc3sc4c(c23)CCCC4)cc1. The maximum atomic E-state index is 4.42. The molecule has 0 fully saturated rings. The van der Waals surface area contributed by atoms with Gasteiger partial charge >= 0.3 is 0 Å². The molecule has 0 aliphatic heterocycles. The monoisotopic (exact) mass is 386 g/mol. The highest BCUT2D eigenvalue weighted by molar-refractivity contribution is 9.10. The molecule has 0 saturated carbocycles. The molecule has 0 saturated heterocycles. The van der Waals surface area contributed by atoms with Crippen molar-refractivity contribution in [1.82, 2.24) is 9.97 Å². The van der Waals surface area contributed by atoms with Gasteiger partial charge in [-0.3, -0.25) is 0 Å². The molecular formula is C17H15BrN4S. The molecule has 1 aromatic carbocycles. The van der Waals surface area contributed by atoms with Gasteiger partial charge in [-0.25, -0.2) is 9.97 Å². The Balaban J connectivity index is 1.64. The van der Waals surface area contributed by atoms with E-state index >= 15 is 0 Å². The number of benzene rings is 1. The Hall–Kier alpha value is -1.66. The van der Waals surface area contributed by atoms with Gasteiger partial charge in [-0.15, -0.1) is 16.5 Å². The zero-order valence-electron chi connectivity index (χ0n) is 12.5. The molecule has 0 spiro atoms. The first-order valence-corrected chi connectivity index (χ1v) is 9.29. The van der Waals surface area contributed by atoms with Crippen LogP contribution in [0.4, 0.5) is 5.82 Å². The van der Waals surface area contributed by atoms with Gasteiger partial charge in [0.05, 0.1) is 11.9 Å². The molecule has 4 rings (SSSR count). The number of aryl methyl sites for hydroxylation is 2. The minimum Gasteiger partial charge on any atom is -0.225 e. The van der Waals surface area contributed by atoms with Crippen LogP contribution in [-0.4, -0.2) is 9.97 Å². The second-order valence-electron chi connectivity index (χ2n) is 5.61. The lowest BCUT2D eigenvalue weighted by Crippen LogP contribution is -1.98. The summed E-state index contributed by atoms with van der Waals surface area (Å²) in [5, 5.41) is 9.86. The van der Waals surface area contributed by atoms with Crippen LogP contribution < -0.4 is 0 Å². The lowest BCUT2D eigenvalue weighted by Gasteiger charge is -2.10. The maximum Gasteiger partial charge on any atom is 0.186 e. The molecule has 23 heavy (non-hydrogen) atoms. The van der Waals surface area contributed by atoms with Crippen molar-refractivity contribution in [2.75, 3.05) is 0 Å². The molecule has 1 aliphatic rings. The van der Waals surface area contributed by atoms with E-state index in [9.17, 15) is 0 Å². The smallest absolute Gasteiger partial charge is 0.186 e. The Morgan fingerprint density at radius 2 is 1.91 bits per heavy atom. The Labute approximate surface area is 146 Å². The summed E-state index contributed by atoms with van der Waals surface area (Å²) in [4.78, 5) is 11.3. The van der Waals surface area contributed by atoms with Gasteiger partial charge in [0.15, 0.2) is 5.82 Å². The fourth-order valence-electron chi connectivity index (χ4n) is 2.92. The van der Waals surface area contributed by atoms with Crippen LogP contribution in [0.3, 0.4) is 0 Å². The van der Waals surface area contributed by atoms with Crippen molar-refractivity contribution < 1.29 is 0 Å². The Kier molecular flexibility index (Phi) is 4.18. The number of nitrogens with zero attached hydrogens (tertiary/aromatic N) is 4. The summed E-state index contributed by atoms with van der Waals surface area (Å²) >= 11 is 5.23. The minimum absolute atomic E-state index is 0.561. The average Bonchev–Trinajstić information content (AvgIpc) is 2.96. The van der Waals surface area contributed by atoms with Crippen LogP contribution in [0, 0.1) is 0 Å². The van der Waals surface area contributed by atoms with Crippen molar-refractivity contribution in [3.8, 4) is 0 Å². The fourth-order valence-corrected chi connectivity index (χ4v) is 4.41. The highest BCUT2D eigenvalue weighted by Gasteiger charge is 2.19. The second kappa shape index (κ2) is 6.45. The van der Waals surface area contributed by atoms with E-state index in [1.165, 1.54) is 23.3 Å². The highest BCUT2D eigenvalue weighted by Crippen LogP contribution is 2.39. The topological polar surface area (TPSA) is 50.5 Å². The lowest BCUT2D eigenvalue weighted by molar-refractivity contribution is 0.700. The summed E-state index contributed by atoms with van der Waals surface area (Å²) in [6.45, 7) is 0.561. The summed E-state index contributed by atoms with van der Waals surface area (Å²) in [5.41, 5.74) is 2.53. The van der Waals surface area contributed by atoms with Crippen LogP contribution >= 0.6 is 27.3 Å². The largest absolute Gasteiger partial charge is 0.225 e. The van der Waals surface area contributed by atoms with Crippen LogP contribution in [0.25, 0.3) is 10.2 Å². The van der Waals surface area contributed by atoms with E-state index in [-0.39, 0.29) is 0 Å². The van der Waals surface area contributed by atoms with E-state index in [0.29, 0.717) is 12.4 Å². The van der Waals surface area contributed by atoms with E-state index in [1.807, 2.05) is 24.3 Å². The Morgan fingerprint density at radius 1 is 1.09 bits per heavy atom. The standard InChI is InChI=1S/C17H15BrN4S/c18-12-7-5-11(6-8-12)9-21-22-16-15-13-3-1-2-4-14(13)23-17(15)20-10-19-16/h5-8,10H,1-4,9H2. The van der Waals surface area contributed by atoms with Gasteiger partial charge in [0.25, 0.3) is 0 Å². The molecule has 0 N–H and O–H groups in total. The molecule has 0 amide bonds. The number of hydrogen-bond acceptors (Lipinski definition) is 5. The van der Waals surface area contributed by atoms with E-state index < -0.39 is 0 Å². The molecule has 6 heteroatoms. The normalized spacial score (nSPS) is 14.5. The zero-order valence-corrected chi connectivity index (χ0v) is 14.9. The molecule has 0 atom stereocenters. The van der Waals surface area contributed by atoms with E-state index in [2.05, 4.69) is 36.1 Å².